The lowest BCUT2D eigenvalue weighted by atomic mass is 9.94. The number of benzene rings is 2. The highest BCUT2D eigenvalue weighted by Gasteiger charge is 2.10. The molecule has 0 saturated heterocycles. The van der Waals surface area contributed by atoms with Gasteiger partial charge in [0.25, 0.3) is 0 Å². The van der Waals surface area contributed by atoms with Gasteiger partial charge in [0.2, 0.25) is 0 Å². The van der Waals surface area contributed by atoms with Crippen molar-refractivity contribution in [2.24, 2.45) is 0 Å². The first kappa shape index (κ1) is 14.1. The summed E-state index contributed by atoms with van der Waals surface area (Å²) in [7, 11) is 0. The molecule has 0 fully saturated rings. The molecule has 0 amide bonds. The second kappa shape index (κ2) is 5.75. The van der Waals surface area contributed by atoms with Crippen LogP contribution in [0, 0.1) is 0 Å². The molecule has 104 valence electrons. The lowest BCUT2D eigenvalue weighted by molar-refractivity contribution is 0.101. The Kier molecular flexibility index (Phi) is 4.05. The average molecular weight is 270 g/mol. The van der Waals surface area contributed by atoms with Crippen LogP contribution in [0.3, 0.4) is 0 Å². The highest BCUT2D eigenvalue weighted by molar-refractivity contribution is 5.94. The molecule has 4 heteroatoms. The zero-order valence-corrected chi connectivity index (χ0v) is 11.4. The second-order valence-electron chi connectivity index (χ2n) is 4.74. The van der Waals surface area contributed by atoms with Gasteiger partial charge < -0.3 is 16.6 Å². The Balaban J connectivity index is 2.53. The third-order valence-corrected chi connectivity index (χ3v) is 3.27. The minimum Gasteiger partial charge on any atom is -0.399 e. The Morgan fingerprint density at radius 1 is 1.15 bits per heavy atom. The van der Waals surface area contributed by atoms with Crippen molar-refractivity contribution >= 4 is 17.2 Å². The van der Waals surface area contributed by atoms with Crippen LogP contribution in [-0.4, -0.2) is 17.5 Å². The van der Waals surface area contributed by atoms with Gasteiger partial charge in [-0.2, -0.15) is 0 Å². The molecular weight excluding hydrogens is 252 g/mol. The van der Waals surface area contributed by atoms with Gasteiger partial charge in [-0.3, -0.25) is 4.79 Å². The molecule has 0 aliphatic carbocycles. The number of rotatable bonds is 4. The van der Waals surface area contributed by atoms with E-state index >= 15 is 0 Å². The Morgan fingerprint density at radius 3 is 2.35 bits per heavy atom. The summed E-state index contributed by atoms with van der Waals surface area (Å²) in [4.78, 5) is 11.3. The highest BCUT2D eigenvalue weighted by Crippen LogP contribution is 2.31. The SMILES string of the molecule is CC(=O)c1ccc(-c2cc(N)cc(N)c2CCO)cc1. The lowest BCUT2D eigenvalue weighted by Gasteiger charge is -2.13. The van der Waals surface area contributed by atoms with E-state index in [0.717, 1.165) is 16.7 Å². The van der Waals surface area contributed by atoms with E-state index < -0.39 is 0 Å². The van der Waals surface area contributed by atoms with E-state index in [1.165, 1.54) is 6.92 Å². The van der Waals surface area contributed by atoms with Gasteiger partial charge in [-0.1, -0.05) is 24.3 Å². The van der Waals surface area contributed by atoms with E-state index in [0.29, 0.717) is 23.4 Å². The van der Waals surface area contributed by atoms with Gasteiger partial charge in [-0.05, 0) is 42.2 Å². The third-order valence-electron chi connectivity index (χ3n) is 3.27. The van der Waals surface area contributed by atoms with Gasteiger partial charge in [-0.15, -0.1) is 0 Å². The van der Waals surface area contributed by atoms with Crippen molar-refractivity contribution in [2.75, 3.05) is 18.1 Å². The van der Waals surface area contributed by atoms with E-state index in [1.807, 2.05) is 18.2 Å². The monoisotopic (exact) mass is 270 g/mol. The van der Waals surface area contributed by atoms with Gasteiger partial charge in [-0.25, -0.2) is 0 Å². The molecule has 0 saturated carbocycles. The maximum absolute atomic E-state index is 11.3. The zero-order valence-electron chi connectivity index (χ0n) is 11.4. The molecule has 0 bridgehead atoms. The second-order valence-corrected chi connectivity index (χ2v) is 4.74. The van der Waals surface area contributed by atoms with Crippen molar-refractivity contribution in [1.29, 1.82) is 0 Å². The van der Waals surface area contributed by atoms with E-state index in [4.69, 9.17) is 11.5 Å². The Labute approximate surface area is 118 Å². The molecule has 0 aliphatic rings. The number of Topliss-reactive ketones (excluding diaryl/α,β-unsaturated/α-hetero) is 1. The molecule has 0 atom stereocenters. The number of anilines is 2. The summed E-state index contributed by atoms with van der Waals surface area (Å²) in [6.45, 7) is 1.55. The molecule has 2 rings (SSSR count). The number of aliphatic hydroxyl groups excluding tert-OH is 1. The quantitative estimate of drug-likeness (QED) is 0.587. The van der Waals surface area contributed by atoms with Crippen LogP contribution < -0.4 is 11.5 Å². The topological polar surface area (TPSA) is 89.3 Å². The van der Waals surface area contributed by atoms with Crippen LogP contribution in [-0.2, 0) is 6.42 Å². The van der Waals surface area contributed by atoms with Gasteiger partial charge in [0, 0.05) is 23.5 Å². The Bertz CT molecular complexity index is 634. The molecule has 20 heavy (non-hydrogen) atoms. The first-order valence-electron chi connectivity index (χ1n) is 6.43. The number of nitrogens with two attached hydrogens (primary N) is 2. The number of carbonyl (C=O) groups excluding carboxylic acids is 1. The number of aliphatic hydroxyl groups is 1. The van der Waals surface area contributed by atoms with Crippen molar-refractivity contribution in [3.8, 4) is 11.1 Å². The summed E-state index contributed by atoms with van der Waals surface area (Å²) in [5.74, 6) is 0.0271. The highest BCUT2D eigenvalue weighted by atomic mass is 16.3. The Hall–Kier alpha value is -2.33. The van der Waals surface area contributed by atoms with E-state index in [-0.39, 0.29) is 12.4 Å². The van der Waals surface area contributed by atoms with Crippen LogP contribution in [0.4, 0.5) is 11.4 Å². The zero-order chi connectivity index (χ0) is 14.7. The fraction of sp³-hybridized carbons (Fsp3) is 0.188. The van der Waals surface area contributed by atoms with Crippen molar-refractivity contribution in [3.63, 3.8) is 0 Å². The first-order valence-corrected chi connectivity index (χ1v) is 6.43. The predicted octanol–water partition coefficient (Wildman–Crippen LogP) is 2.26. The van der Waals surface area contributed by atoms with Gasteiger partial charge in [0.15, 0.2) is 5.78 Å². The molecule has 2 aromatic carbocycles. The van der Waals surface area contributed by atoms with E-state index in [2.05, 4.69) is 0 Å². The summed E-state index contributed by atoms with van der Waals surface area (Å²) in [6, 6.07) is 10.8. The fourth-order valence-electron chi connectivity index (χ4n) is 2.25. The molecule has 0 radical (unpaired) electrons. The molecule has 2 aromatic rings. The number of nitrogen functional groups attached to an aromatic ring is 2. The fourth-order valence-corrected chi connectivity index (χ4v) is 2.25. The molecule has 4 nitrogen and oxygen atoms in total. The molecule has 5 N–H and O–H groups in total. The molecule has 0 heterocycles. The van der Waals surface area contributed by atoms with Crippen LogP contribution in [0.25, 0.3) is 11.1 Å². The predicted molar refractivity (Wildman–Crippen MR) is 81.5 cm³/mol. The van der Waals surface area contributed by atoms with Gasteiger partial charge in [0.1, 0.15) is 0 Å². The summed E-state index contributed by atoms with van der Waals surface area (Å²) in [5, 5.41) is 9.17. The first-order chi connectivity index (χ1) is 9.52. The maximum Gasteiger partial charge on any atom is 0.159 e. The molecule has 0 spiro atoms. The van der Waals surface area contributed by atoms with E-state index in [1.54, 1.807) is 18.2 Å². The lowest BCUT2D eigenvalue weighted by Crippen LogP contribution is -2.02. The van der Waals surface area contributed by atoms with Crippen LogP contribution in [0.1, 0.15) is 22.8 Å². The number of hydrogen-bond acceptors (Lipinski definition) is 4. The minimum atomic E-state index is 0.0205. The van der Waals surface area contributed by atoms with Crippen LogP contribution in [0.2, 0.25) is 0 Å². The maximum atomic E-state index is 11.3. The third kappa shape index (κ3) is 2.81. The van der Waals surface area contributed by atoms with Crippen LogP contribution in [0.15, 0.2) is 36.4 Å². The Morgan fingerprint density at radius 2 is 1.80 bits per heavy atom. The van der Waals surface area contributed by atoms with Crippen molar-refractivity contribution in [1.82, 2.24) is 0 Å². The van der Waals surface area contributed by atoms with Crippen molar-refractivity contribution in [2.45, 2.75) is 13.3 Å². The number of ketones is 1. The molecule has 0 aromatic heterocycles. The normalized spacial score (nSPS) is 10.5. The van der Waals surface area contributed by atoms with Crippen molar-refractivity contribution in [3.05, 3.63) is 47.5 Å². The van der Waals surface area contributed by atoms with Gasteiger partial charge in [0.05, 0.1) is 0 Å². The average Bonchev–Trinajstić information content (AvgIpc) is 2.41. The number of carbonyl (C=O) groups is 1. The summed E-state index contributed by atoms with van der Waals surface area (Å²) >= 11 is 0. The smallest absolute Gasteiger partial charge is 0.159 e. The summed E-state index contributed by atoms with van der Waals surface area (Å²) < 4.78 is 0. The summed E-state index contributed by atoms with van der Waals surface area (Å²) in [5.41, 5.74) is 16.3. The van der Waals surface area contributed by atoms with Gasteiger partial charge >= 0.3 is 0 Å². The molecular formula is C16H18N2O2. The number of hydrogen-bond donors (Lipinski definition) is 3. The van der Waals surface area contributed by atoms with Crippen LogP contribution in [0.5, 0.6) is 0 Å². The summed E-state index contributed by atoms with van der Waals surface area (Å²) in [6.07, 6.45) is 0.468. The van der Waals surface area contributed by atoms with E-state index in [9.17, 15) is 9.90 Å². The molecule has 0 aliphatic heterocycles. The standard InChI is InChI=1S/C16H18N2O2/c1-10(20)11-2-4-12(5-3-11)15-8-13(17)9-16(18)14(15)6-7-19/h2-5,8-9,19H,6-7,17-18H2,1H3. The van der Waals surface area contributed by atoms with Crippen molar-refractivity contribution < 1.29 is 9.90 Å². The van der Waals surface area contributed by atoms with Crippen LogP contribution >= 0.6 is 0 Å². The molecule has 0 unspecified atom stereocenters. The largest absolute Gasteiger partial charge is 0.399 e. The minimum absolute atomic E-state index is 0.0205.